The first-order valence-corrected chi connectivity index (χ1v) is 10.9. The van der Waals surface area contributed by atoms with E-state index >= 15 is 0 Å². The van der Waals surface area contributed by atoms with Crippen LogP contribution in [-0.2, 0) is 20.4 Å². The molecule has 178 valence electrons. The minimum absolute atomic E-state index is 0.105. The van der Waals surface area contributed by atoms with Crippen molar-refractivity contribution >= 4 is 24.8 Å². The van der Waals surface area contributed by atoms with E-state index in [0.717, 1.165) is 18.5 Å². The highest BCUT2D eigenvalue weighted by molar-refractivity contribution is 7.46. The van der Waals surface area contributed by atoms with Crippen LogP contribution in [0.1, 0.15) is 11.8 Å². The van der Waals surface area contributed by atoms with E-state index in [1.807, 2.05) is 0 Å². The number of aromatic nitrogens is 4. The van der Waals surface area contributed by atoms with Gasteiger partial charge in [-0.15, -0.1) is 0 Å². The molecule has 1 saturated heterocycles. The van der Waals surface area contributed by atoms with Gasteiger partial charge in [-0.25, -0.2) is 23.9 Å². The monoisotopic (exact) mass is 487 g/mol. The van der Waals surface area contributed by atoms with Crippen molar-refractivity contribution in [2.45, 2.75) is 31.1 Å². The number of anilines is 1. The third-order valence-electron chi connectivity index (χ3n) is 5.02. The molecule has 0 saturated carbocycles. The number of benzene rings is 1. The third-order valence-corrected chi connectivity index (χ3v) is 5.50. The van der Waals surface area contributed by atoms with Crippen LogP contribution in [0.15, 0.2) is 24.8 Å². The van der Waals surface area contributed by atoms with E-state index in [0.29, 0.717) is 0 Å². The Kier molecular flexibility index (Phi) is 6.20. The first kappa shape index (κ1) is 23.3. The number of aliphatic hydroxyl groups excluding tert-OH is 2. The van der Waals surface area contributed by atoms with E-state index in [1.165, 1.54) is 10.9 Å². The van der Waals surface area contributed by atoms with Crippen LogP contribution in [0.25, 0.3) is 11.2 Å². The third kappa shape index (κ3) is 4.60. The Labute approximate surface area is 184 Å². The highest BCUT2D eigenvalue weighted by atomic mass is 31.2. The lowest BCUT2D eigenvalue weighted by atomic mass is 10.1. The molecule has 4 atom stereocenters. The fraction of sp³-hybridized carbons (Fsp3) is 0.353. The van der Waals surface area contributed by atoms with Gasteiger partial charge in [0.15, 0.2) is 34.8 Å². The number of ether oxygens (including phenoxy) is 1. The molecule has 1 aliphatic heterocycles. The lowest BCUT2D eigenvalue weighted by Gasteiger charge is -2.16. The van der Waals surface area contributed by atoms with E-state index in [4.69, 9.17) is 14.5 Å². The molecule has 7 N–H and O–H groups in total. The number of aromatic hydroxyl groups is 2. The number of rotatable bonds is 7. The van der Waals surface area contributed by atoms with Crippen LogP contribution in [-0.4, -0.2) is 74.7 Å². The fourth-order valence-electron chi connectivity index (χ4n) is 3.38. The van der Waals surface area contributed by atoms with Crippen LogP contribution in [0.3, 0.4) is 0 Å². The van der Waals surface area contributed by atoms with Gasteiger partial charge in [0.05, 0.1) is 18.5 Å². The Balaban J connectivity index is 1.57. The van der Waals surface area contributed by atoms with Gasteiger partial charge in [-0.2, -0.15) is 0 Å². The van der Waals surface area contributed by atoms with Crippen molar-refractivity contribution in [1.82, 2.24) is 19.5 Å². The second kappa shape index (κ2) is 8.79. The number of aliphatic hydroxyl groups is 2. The number of phenolic OH excluding ortho intramolecular Hbond substituents is 2. The van der Waals surface area contributed by atoms with Crippen molar-refractivity contribution in [2.24, 2.45) is 0 Å². The molecule has 3 heterocycles. The van der Waals surface area contributed by atoms with Crippen LogP contribution in [0.5, 0.6) is 11.5 Å². The summed E-state index contributed by atoms with van der Waals surface area (Å²) in [5.74, 6) is -1.82. The summed E-state index contributed by atoms with van der Waals surface area (Å²) in [6.07, 6.45) is -3.07. The Morgan fingerprint density at radius 1 is 1.18 bits per heavy atom. The standard InChI is InChI=1S/C17H19FN5O9P/c18-8-1-2-9(24)7(12(8)25)3-19-15-11-16(21-5-20-15)23(6-22-11)17-14(27)13(26)10(32-17)4-31-33(28,29)30/h1-2,5-6,10,13-14,17,24-27H,3-4H2,(H,19,20,21)(H2,28,29,30)/t10-,13-,14-,17-/m1/s1. The number of imidazole rings is 1. The Morgan fingerprint density at radius 2 is 1.94 bits per heavy atom. The minimum atomic E-state index is -4.81. The Bertz CT molecular complexity index is 1220. The lowest BCUT2D eigenvalue weighted by Crippen LogP contribution is -2.33. The molecule has 0 bridgehead atoms. The minimum Gasteiger partial charge on any atom is -0.507 e. The van der Waals surface area contributed by atoms with Crippen LogP contribution in [0.2, 0.25) is 0 Å². The van der Waals surface area contributed by atoms with Gasteiger partial charge < -0.3 is 40.3 Å². The molecule has 3 aromatic rings. The quantitative estimate of drug-likeness (QED) is 0.214. The lowest BCUT2D eigenvalue weighted by molar-refractivity contribution is -0.0504. The normalized spacial score (nSPS) is 23.3. The summed E-state index contributed by atoms with van der Waals surface area (Å²) in [5.41, 5.74) is 0.243. The molecule has 0 spiro atoms. The molecule has 14 nitrogen and oxygen atoms in total. The van der Waals surface area contributed by atoms with Gasteiger partial charge in [0.1, 0.15) is 30.4 Å². The molecular formula is C17H19FN5O9P. The summed E-state index contributed by atoms with van der Waals surface area (Å²) in [6, 6.07) is 2.01. The number of nitrogens with zero attached hydrogens (tertiary/aromatic N) is 4. The van der Waals surface area contributed by atoms with Gasteiger partial charge in [0.2, 0.25) is 0 Å². The van der Waals surface area contributed by atoms with Crippen LogP contribution in [0, 0.1) is 5.82 Å². The number of hydrogen-bond donors (Lipinski definition) is 7. The molecule has 0 amide bonds. The van der Waals surface area contributed by atoms with Gasteiger partial charge in [0, 0.05) is 6.54 Å². The van der Waals surface area contributed by atoms with Crippen LogP contribution >= 0.6 is 7.82 Å². The SMILES string of the molecule is O=P(O)(O)OC[C@H]1O[C@@H](n2cnc3c(NCc4c(O)ccc(F)c4O)ncnc32)[C@H](O)[C@@H]1O. The van der Waals surface area contributed by atoms with Crippen molar-refractivity contribution < 1.29 is 48.4 Å². The molecule has 16 heteroatoms. The molecule has 0 unspecified atom stereocenters. The van der Waals surface area contributed by atoms with Crippen molar-refractivity contribution in [3.8, 4) is 11.5 Å². The van der Waals surface area contributed by atoms with Crippen LogP contribution in [0.4, 0.5) is 10.2 Å². The average molecular weight is 487 g/mol. The number of hydrogen-bond acceptors (Lipinski definition) is 11. The highest BCUT2D eigenvalue weighted by Gasteiger charge is 2.45. The van der Waals surface area contributed by atoms with E-state index in [1.54, 1.807) is 0 Å². The zero-order valence-corrected chi connectivity index (χ0v) is 17.4. The number of fused-ring (bicyclic) bond motifs is 1. The summed E-state index contributed by atoms with van der Waals surface area (Å²) in [4.78, 5) is 29.9. The molecule has 2 aromatic heterocycles. The number of halogens is 1. The maximum absolute atomic E-state index is 13.6. The van der Waals surface area contributed by atoms with Crippen molar-refractivity contribution in [3.63, 3.8) is 0 Å². The fourth-order valence-corrected chi connectivity index (χ4v) is 3.72. The predicted octanol–water partition coefficient (Wildman–Crippen LogP) is -0.283. The molecule has 0 radical (unpaired) electrons. The maximum Gasteiger partial charge on any atom is 0.469 e. The molecular weight excluding hydrogens is 468 g/mol. The second-order valence-electron chi connectivity index (χ2n) is 7.13. The van der Waals surface area contributed by atoms with E-state index in [2.05, 4.69) is 24.8 Å². The number of phosphoric acid groups is 1. The first-order chi connectivity index (χ1) is 15.6. The Morgan fingerprint density at radius 3 is 2.67 bits per heavy atom. The molecule has 1 fully saturated rings. The van der Waals surface area contributed by atoms with E-state index in [-0.39, 0.29) is 34.8 Å². The number of phosphoric ester groups is 1. The molecule has 4 rings (SSSR count). The maximum atomic E-state index is 13.6. The van der Waals surface area contributed by atoms with Gasteiger partial charge >= 0.3 is 7.82 Å². The van der Waals surface area contributed by atoms with Crippen molar-refractivity contribution in [1.29, 1.82) is 0 Å². The van der Waals surface area contributed by atoms with Gasteiger partial charge in [-0.3, -0.25) is 9.09 Å². The highest BCUT2D eigenvalue weighted by Crippen LogP contribution is 2.39. The first-order valence-electron chi connectivity index (χ1n) is 9.39. The van der Waals surface area contributed by atoms with E-state index < -0.39 is 50.5 Å². The topological polar surface area (TPSA) is 213 Å². The van der Waals surface area contributed by atoms with Gasteiger partial charge in [0.25, 0.3) is 0 Å². The van der Waals surface area contributed by atoms with Crippen LogP contribution < -0.4 is 5.32 Å². The Hall–Kier alpha value is -2.91. The van der Waals surface area contributed by atoms with Gasteiger partial charge in [-0.05, 0) is 12.1 Å². The summed E-state index contributed by atoms with van der Waals surface area (Å²) in [5, 5.41) is 43.1. The molecule has 0 aliphatic carbocycles. The average Bonchev–Trinajstić information content (AvgIpc) is 3.31. The summed E-state index contributed by atoms with van der Waals surface area (Å²) >= 11 is 0. The summed E-state index contributed by atoms with van der Waals surface area (Å²) in [7, 11) is -4.81. The van der Waals surface area contributed by atoms with E-state index in [9.17, 15) is 29.4 Å². The summed E-state index contributed by atoms with van der Waals surface area (Å²) < 4.78 is 35.6. The van der Waals surface area contributed by atoms with Crippen molar-refractivity contribution in [2.75, 3.05) is 11.9 Å². The van der Waals surface area contributed by atoms with Gasteiger partial charge in [-0.1, -0.05) is 0 Å². The number of phenols is 2. The smallest absolute Gasteiger partial charge is 0.469 e. The van der Waals surface area contributed by atoms with Crippen molar-refractivity contribution in [3.05, 3.63) is 36.2 Å². The zero-order valence-electron chi connectivity index (χ0n) is 16.6. The zero-order chi connectivity index (χ0) is 23.9. The number of nitrogens with one attached hydrogen (secondary N) is 1. The predicted molar refractivity (Wildman–Crippen MR) is 106 cm³/mol. The molecule has 1 aromatic carbocycles. The largest absolute Gasteiger partial charge is 0.507 e. The molecule has 33 heavy (non-hydrogen) atoms. The molecule has 1 aliphatic rings. The second-order valence-corrected chi connectivity index (χ2v) is 8.37. The summed E-state index contributed by atoms with van der Waals surface area (Å²) in [6.45, 7) is -0.883.